The summed E-state index contributed by atoms with van der Waals surface area (Å²) in [6.07, 6.45) is 0.759. The third-order valence-electron chi connectivity index (χ3n) is 3.44. The van der Waals surface area contributed by atoms with Crippen molar-refractivity contribution >= 4 is 11.7 Å². The minimum Gasteiger partial charge on any atom is -0.493 e. The van der Waals surface area contributed by atoms with Gasteiger partial charge in [0.25, 0.3) is 0 Å². The van der Waals surface area contributed by atoms with Gasteiger partial charge in [-0.15, -0.1) is 0 Å². The molecular weight excluding hydrogens is 288 g/mol. The third kappa shape index (κ3) is 5.66. The first-order chi connectivity index (χ1) is 11.0. The van der Waals surface area contributed by atoms with Crippen molar-refractivity contribution in [2.75, 3.05) is 18.5 Å². The Morgan fingerprint density at radius 2 is 1.74 bits per heavy atom. The maximum Gasteiger partial charge on any atom is 0.319 e. The van der Waals surface area contributed by atoms with Crippen molar-refractivity contribution < 1.29 is 9.53 Å². The molecule has 2 N–H and O–H groups in total. The van der Waals surface area contributed by atoms with Gasteiger partial charge in [-0.2, -0.15) is 0 Å². The molecule has 0 aliphatic carbocycles. The number of benzene rings is 2. The molecule has 2 amide bonds. The second kappa shape index (κ2) is 8.22. The van der Waals surface area contributed by atoms with E-state index in [0.717, 1.165) is 34.5 Å². The van der Waals surface area contributed by atoms with Crippen LogP contribution in [0.15, 0.2) is 42.5 Å². The number of aryl methyl sites for hydroxylation is 3. The van der Waals surface area contributed by atoms with Gasteiger partial charge in [-0.3, -0.25) is 0 Å². The molecule has 0 heterocycles. The van der Waals surface area contributed by atoms with E-state index in [9.17, 15) is 4.79 Å². The minimum absolute atomic E-state index is 0.189. The number of para-hydroxylation sites is 1. The normalized spacial score (nSPS) is 10.2. The van der Waals surface area contributed by atoms with E-state index in [1.165, 1.54) is 0 Å². The topological polar surface area (TPSA) is 50.4 Å². The lowest BCUT2D eigenvalue weighted by Crippen LogP contribution is -2.30. The van der Waals surface area contributed by atoms with Gasteiger partial charge >= 0.3 is 6.03 Å². The molecule has 2 aromatic carbocycles. The number of ether oxygens (including phenoxy) is 1. The van der Waals surface area contributed by atoms with Crippen LogP contribution in [0.3, 0.4) is 0 Å². The van der Waals surface area contributed by atoms with Crippen molar-refractivity contribution in [2.45, 2.75) is 27.2 Å². The molecule has 0 spiro atoms. The summed E-state index contributed by atoms with van der Waals surface area (Å²) in [7, 11) is 0. The van der Waals surface area contributed by atoms with Crippen LogP contribution in [0.4, 0.5) is 10.5 Å². The lowest BCUT2D eigenvalue weighted by Gasteiger charge is -2.11. The van der Waals surface area contributed by atoms with Crippen molar-refractivity contribution in [3.63, 3.8) is 0 Å². The van der Waals surface area contributed by atoms with E-state index in [1.807, 2.05) is 57.2 Å². The van der Waals surface area contributed by atoms with Gasteiger partial charge in [0, 0.05) is 12.2 Å². The zero-order valence-corrected chi connectivity index (χ0v) is 14.0. The monoisotopic (exact) mass is 312 g/mol. The fourth-order valence-electron chi connectivity index (χ4n) is 2.40. The lowest BCUT2D eigenvalue weighted by molar-refractivity contribution is 0.250. The van der Waals surface area contributed by atoms with E-state index >= 15 is 0 Å². The Morgan fingerprint density at radius 1 is 1.04 bits per heavy atom. The summed E-state index contributed by atoms with van der Waals surface area (Å²) >= 11 is 0. The number of amides is 2. The number of hydrogen-bond donors (Lipinski definition) is 2. The Hall–Kier alpha value is -2.49. The number of nitrogens with one attached hydrogen (secondary N) is 2. The van der Waals surface area contributed by atoms with Gasteiger partial charge in [0.15, 0.2) is 0 Å². The average Bonchev–Trinajstić information content (AvgIpc) is 2.47. The Labute approximate surface area is 137 Å². The van der Waals surface area contributed by atoms with E-state index < -0.39 is 0 Å². The highest BCUT2D eigenvalue weighted by molar-refractivity contribution is 5.89. The van der Waals surface area contributed by atoms with Gasteiger partial charge < -0.3 is 15.4 Å². The predicted molar refractivity (Wildman–Crippen MR) is 94.2 cm³/mol. The SMILES string of the molecule is Cc1cc(C)cc(NC(=O)NCCCOc2ccccc2C)c1. The van der Waals surface area contributed by atoms with Crippen LogP contribution in [0.1, 0.15) is 23.1 Å². The highest BCUT2D eigenvalue weighted by atomic mass is 16.5. The van der Waals surface area contributed by atoms with Crippen molar-refractivity contribution in [3.8, 4) is 5.75 Å². The molecule has 0 aliphatic rings. The van der Waals surface area contributed by atoms with Crippen LogP contribution in [-0.2, 0) is 0 Å². The van der Waals surface area contributed by atoms with Crippen LogP contribution < -0.4 is 15.4 Å². The molecule has 0 saturated heterocycles. The first-order valence-corrected chi connectivity index (χ1v) is 7.86. The second-order valence-electron chi connectivity index (χ2n) is 5.72. The molecule has 23 heavy (non-hydrogen) atoms. The summed E-state index contributed by atoms with van der Waals surface area (Å²) in [4.78, 5) is 11.9. The van der Waals surface area contributed by atoms with Crippen molar-refractivity contribution in [3.05, 3.63) is 59.2 Å². The zero-order valence-electron chi connectivity index (χ0n) is 14.0. The molecule has 0 atom stereocenters. The molecular formula is C19H24N2O2. The van der Waals surface area contributed by atoms with Gasteiger partial charge in [-0.25, -0.2) is 4.79 Å². The Kier molecular flexibility index (Phi) is 6.03. The van der Waals surface area contributed by atoms with Crippen LogP contribution in [0.5, 0.6) is 5.75 Å². The quantitative estimate of drug-likeness (QED) is 0.785. The van der Waals surface area contributed by atoms with E-state index in [2.05, 4.69) is 16.7 Å². The Bertz CT molecular complexity index is 648. The molecule has 4 nitrogen and oxygen atoms in total. The molecule has 0 aromatic heterocycles. The highest BCUT2D eigenvalue weighted by Crippen LogP contribution is 2.16. The van der Waals surface area contributed by atoms with Gasteiger partial charge in [0.1, 0.15) is 5.75 Å². The highest BCUT2D eigenvalue weighted by Gasteiger charge is 2.03. The smallest absolute Gasteiger partial charge is 0.319 e. The fraction of sp³-hybridized carbons (Fsp3) is 0.316. The average molecular weight is 312 g/mol. The molecule has 0 saturated carbocycles. The first kappa shape index (κ1) is 16.9. The van der Waals surface area contributed by atoms with Crippen LogP contribution in [-0.4, -0.2) is 19.2 Å². The van der Waals surface area contributed by atoms with Crippen molar-refractivity contribution in [1.82, 2.24) is 5.32 Å². The van der Waals surface area contributed by atoms with E-state index in [0.29, 0.717) is 13.2 Å². The van der Waals surface area contributed by atoms with E-state index in [1.54, 1.807) is 0 Å². The first-order valence-electron chi connectivity index (χ1n) is 7.86. The summed E-state index contributed by atoms with van der Waals surface area (Å²) < 4.78 is 5.70. The standard InChI is InChI=1S/C19H24N2O2/c1-14-11-15(2)13-17(12-14)21-19(22)20-9-6-10-23-18-8-5-4-7-16(18)3/h4-5,7-8,11-13H,6,9-10H2,1-3H3,(H2,20,21,22). The van der Waals surface area contributed by atoms with E-state index in [-0.39, 0.29) is 6.03 Å². The number of carbonyl (C=O) groups excluding carboxylic acids is 1. The minimum atomic E-state index is -0.189. The van der Waals surface area contributed by atoms with Crippen molar-refractivity contribution in [1.29, 1.82) is 0 Å². The van der Waals surface area contributed by atoms with Crippen molar-refractivity contribution in [2.24, 2.45) is 0 Å². The molecule has 0 fully saturated rings. The summed E-state index contributed by atoms with van der Waals surface area (Å²) in [6.45, 7) is 7.19. The molecule has 0 bridgehead atoms. The number of rotatable bonds is 6. The molecule has 2 aromatic rings. The van der Waals surface area contributed by atoms with Crippen LogP contribution in [0, 0.1) is 20.8 Å². The number of urea groups is 1. The van der Waals surface area contributed by atoms with Gasteiger partial charge in [-0.1, -0.05) is 24.3 Å². The third-order valence-corrected chi connectivity index (χ3v) is 3.44. The molecule has 4 heteroatoms. The second-order valence-corrected chi connectivity index (χ2v) is 5.72. The predicted octanol–water partition coefficient (Wildman–Crippen LogP) is 4.20. The van der Waals surface area contributed by atoms with Crippen LogP contribution in [0.25, 0.3) is 0 Å². The molecule has 122 valence electrons. The van der Waals surface area contributed by atoms with E-state index in [4.69, 9.17) is 4.74 Å². The maximum atomic E-state index is 11.9. The van der Waals surface area contributed by atoms with Gasteiger partial charge in [-0.05, 0) is 62.1 Å². The largest absolute Gasteiger partial charge is 0.493 e. The lowest BCUT2D eigenvalue weighted by atomic mass is 10.1. The summed E-state index contributed by atoms with van der Waals surface area (Å²) in [5.74, 6) is 0.896. The Balaban J connectivity index is 1.68. The summed E-state index contributed by atoms with van der Waals surface area (Å²) in [5.41, 5.74) is 4.20. The van der Waals surface area contributed by atoms with Crippen LogP contribution in [0.2, 0.25) is 0 Å². The van der Waals surface area contributed by atoms with Crippen LogP contribution >= 0.6 is 0 Å². The molecule has 0 aliphatic heterocycles. The molecule has 2 rings (SSSR count). The zero-order chi connectivity index (χ0) is 16.7. The number of hydrogen-bond acceptors (Lipinski definition) is 2. The van der Waals surface area contributed by atoms with Gasteiger partial charge in [0.2, 0.25) is 0 Å². The molecule has 0 unspecified atom stereocenters. The summed E-state index contributed by atoms with van der Waals surface area (Å²) in [5, 5.41) is 5.69. The maximum absolute atomic E-state index is 11.9. The number of anilines is 1. The molecule has 0 radical (unpaired) electrons. The summed E-state index contributed by atoms with van der Waals surface area (Å²) in [6, 6.07) is 13.7. The van der Waals surface area contributed by atoms with Gasteiger partial charge in [0.05, 0.1) is 6.61 Å². The Morgan fingerprint density at radius 3 is 2.43 bits per heavy atom. The fourth-order valence-corrected chi connectivity index (χ4v) is 2.40. The number of carbonyl (C=O) groups is 1.